The highest BCUT2D eigenvalue weighted by atomic mass is 32.2. The Morgan fingerprint density at radius 3 is 2.66 bits per heavy atom. The number of thioether (sulfide) groups is 1. The third-order valence-corrected chi connectivity index (χ3v) is 5.35. The SMILES string of the molecule is CCc1ccc2c(CSc3nnc(COc4ccc(C)cc4)o3)cc(=O)oc2c1. The zero-order valence-corrected chi connectivity index (χ0v) is 17.0. The Hall–Kier alpha value is -3.06. The van der Waals surface area contributed by atoms with Gasteiger partial charge in [-0.15, -0.1) is 10.2 Å². The minimum absolute atomic E-state index is 0.203. The summed E-state index contributed by atoms with van der Waals surface area (Å²) in [5, 5.41) is 9.42. The van der Waals surface area contributed by atoms with Crippen molar-refractivity contribution in [1.82, 2.24) is 10.2 Å². The third kappa shape index (κ3) is 4.68. The van der Waals surface area contributed by atoms with Crippen molar-refractivity contribution in [3.63, 3.8) is 0 Å². The van der Waals surface area contributed by atoms with Crippen LogP contribution in [-0.4, -0.2) is 10.2 Å². The molecule has 0 aliphatic heterocycles. The Morgan fingerprint density at radius 1 is 1.03 bits per heavy atom. The van der Waals surface area contributed by atoms with E-state index in [0.717, 1.165) is 28.7 Å². The first-order valence-corrected chi connectivity index (χ1v) is 10.3. The van der Waals surface area contributed by atoms with E-state index in [0.29, 0.717) is 22.4 Å². The van der Waals surface area contributed by atoms with Crippen LogP contribution in [0.2, 0.25) is 0 Å². The van der Waals surface area contributed by atoms with Crippen LogP contribution in [-0.2, 0) is 18.8 Å². The zero-order chi connectivity index (χ0) is 20.2. The summed E-state index contributed by atoms with van der Waals surface area (Å²) in [6, 6.07) is 15.2. The summed E-state index contributed by atoms with van der Waals surface area (Å²) < 4.78 is 16.7. The summed E-state index contributed by atoms with van der Waals surface area (Å²) in [5.74, 6) is 1.67. The van der Waals surface area contributed by atoms with Crippen molar-refractivity contribution in [2.75, 3.05) is 0 Å². The standard InChI is InChI=1S/C22H20N2O4S/c1-3-15-6-9-18-16(11-21(25)27-19(18)10-15)13-29-22-24-23-20(28-22)12-26-17-7-4-14(2)5-8-17/h4-11H,3,12-13H2,1-2H3. The summed E-state index contributed by atoms with van der Waals surface area (Å²) in [5.41, 5.74) is 3.41. The molecule has 0 radical (unpaired) electrons. The maximum absolute atomic E-state index is 11.9. The highest BCUT2D eigenvalue weighted by Crippen LogP contribution is 2.26. The number of hydrogen-bond acceptors (Lipinski definition) is 7. The molecule has 0 atom stereocenters. The smallest absolute Gasteiger partial charge is 0.336 e. The molecule has 2 aromatic carbocycles. The summed E-state index contributed by atoms with van der Waals surface area (Å²) in [6.45, 7) is 4.29. The van der Waals surface area contributed by atoms with E-state index in [9.17, 15) is 4.79 Å². The van der Waals surface area contributed by atoms with Gasteiger partial charge in [0.15, 0.2) is 6.61 Å². The zero-order valence-electron chi connectivity index (χ0n) is 16.2. The molecule has 0 N–H and O–H groups in total. The van der Waals surface area contributed by atoms with Gasteiger partial charge in [-0.3, -0.25) is 0 Å². The van der Waals surface area contributed by atoms with Gasteiger partial charge in [0.1, 0.15) is 11.3 Å². The van der Waals surface area contributed by atoms with Gasteiger partial charge in [-0.25, -0.2) is 4.79 Å². The molecular weight excluding hydrogens is 388 g/mol. The predicted molar refractivity (Wildman–Crippen MR) is 111 cm³/mol. The highest BCUT2D eigenvalue weighted by Gasteiger charge is 2.11. The molecule has 7 heteroatoms. The van der Waals surface area contributed by atoms with Crippen LogP contribution in [0.5, 0.6) is 5.75 Å². The van der Waals surface area contributed by atoms with Gasteiger partial charge in [0.05, 0.1) is 0 Å². The number of aromatic nitrogens is 2. The van der Waals surface area contributed by atoms with E-state index in [1.54, 1.807) is 0 Å². The van der Waals surface area contributed by atoms with E-state index in [-0.39, 0.29) is 12.2 Å². The van der Waals surface area contributed by atoms with Gasteiger partial charge in [-0.05, 0) is 42.7 Å². The first-order chi connectivity index (χ1) is 14.1. The van der Waals surface area contributed by atoms with E-state index in [4.69, 9.17) is 13.6 Å². The summed E-state index contributed by atoms with van der Waals surface area (Å²) in [6.07, 6.45) is 0.883. The van der Waals surface area contributed by atoms with Crippen LogP contribution < -0.4 is 10.4 Å². The van der Waals surface area contributed by atoms with Gasteiger partial charge in [0, 0.05) is 17.2 Å². The van der Waals surface area contributed by atoms with Crippen LogP contribution in [0.15, 0.2) is 67.4 Å². The molecule has 0 saturated carbocycles. The number of aryl methyl sites for hydroxylation is 2. The van der Waals surface area contributed by atoms with Crippen LogP contribution in [0, 0.1) is 6.92 Å². The molecule has 2 heterocycles. The fourth-order valence-corrected chi connectivity index (χ4v) is 3.66. The Balaban J connectivity index is 1.43. The maximum Gasteiger partial charge on any atom is 0.336 e. The number of benzene rings is 2. The second-order valence-electron chi connectivity index (χ2n) is 6.63. The molecule has 4 rings (SSSR count). The molecule has 0 aliphatic carbocycles. The fourth-order valence-electron chi connectivity index (χ4n) is 2.89. The van der Waals surface area contributed by atoms with Crippen LogP contribution in [0.4, 0.5) is 0 Å². The minimum Gasteiger partial charge on any atom is -0.484 e. The molecule has 0 amide bonds. The Labute approximate surface area is 171 Å². The summed E-state index contributed by atoms with van der Waals surface area (Å²) in [7, 11) is 0. The van der Waals surface area contributed by atoms with E-state index in [1.165, 1.54) is 23.4 Å². The normalized spacial score (nSPS) is 11.1. The highest BCUT2D eigenvalue weighted by molar-refractivity contribution is 7.98. The van der Waals surface area contributed by atoms with Crippen molar-refractivity contribution in [3.05, 3.63) is 81.5 Å². The molecule has 2 aromatic heterocycles. The van der Waals surface area contributed by atoms with Crippen LogP contribution in [0.3, 0.4) is 0 Å². The van der Waals surface area contributed by atoms with Crippen molar-refractivity contribution in [3.8, 4) is 5.75 Å². The van der Waals surface area contributed by atoms with Gasteiger partial charge < -0.3 is 13.6 Å². The molecule has 148 valence electrons. The average Bonchev–Trinajstić information content (AvgIpc) is 3.19. The lowest BCUT2D eigenvalue weighted by molar-refractivity contribution is 0.252. The van der Waals surface area contributed by atoms with E-state index in [1.807, 2.05) is 49.4 Å². The largest absolute Gasteiger partial charge is 0.484 e. The minimum atomic E-state index is -0.362. The quantitative estimate of drug-likeness (QED) is 0.317. The second-order valence-corrected chi connectivity index (χ2v) is 7.55. The molecule has 4 aromatic rings. The Bertz CT molecular complexity index is 1180. The Kier molecular flexibility index (Phi) is 5.67. The average molecular weight is 408 g/mol. The number of ether oxygens (including phenoxy) is 1. The van der Waals surface area contributed by atoms with Crippen molar-refractivity contribution >= 4 is 22.7 Å². The van der Waals surface area contributed by atoms with Crippen LogP contribution in [0.25, 0.3) is 11.0 Å². The lowest BCUT2D eigenvalue weighted by Crippen LogP contribution is -2.00. The summed E-state index contributed by atoms with van der Waals surface area (Å²) in [4.78, 5) is 11.9. The van der Waals surface area contributed by atoms with Crippen molar-refractivity contribution in [2.24, 2.45) is 0 Å². The molecule has 29 heavy (non-hydrogen) atoms. The van der Waals surface area contributed by atoms with E-state index >= 15 is 0 Å². The molecule has 6 nitrogen and oxygen atoms in total. The van der Waals surface area contributed by atoms with Crippen molar-refractivity contribution < 1.29 is 13.6 Å². The number of nitrogens with zero attached hydrogens (tertiary/aromatic N) is 2. The maximum atomic E-state index is 11.9. The van der Waals surface area contributed by atoms with Gasteiger partial charge in [-0.1, -0.05) is 48.5 Å². The first-order valence-electron chi connectivity index (χ1n) is 9.31. The molecule has 0 saturated heterocycles. The molecule has 0 bridgehead atoms. The molecule has 0 fully saturated rings. The number of fused-ring (bicyclic) bond motifs is 1. The van der Waals surface area contributed by atoms with E-state index < -0.39 is 0 Å². The lowest BCUT2D eigenvalue weighted by Gasteiger charge is -2.05. The number of hydrogen-bond donors (Lipinski definition) is 0. The first kappa shape index (κ1) is 19.3. The van der Waals surface area contributed by atoms with Gasteiger partial charge in [0.25, 0.3) is 11.1 Å². The molecule has 0 aliphatic rings. The summed E-state index contributed by atoms with van der Waals surface area (Å²) >= 11 is 1.38. The van der Waals surface area contributed by atoms with Gasteiger partial charge in [0.2, 0.25) is 0 Å². The van der Waals surface area contributed by atoms with Crippen LogP contribution in [0.1, 0.15) is 29.5 Å². The molecule has 0 unspecified atom stereocenters. The van der Waals surface area contributed by atoms with Crippen LogP contribution >= 0.6 is 11.8 Å². The molecule has 0 spiro atoms. The second kappa shape index (κ2) is 8.53. The fraction of sp³-hybridized carbons (Fsp3) is 0.227. The monoisotopic (exact) mass is 408 g/mol. The Morgan fingerprint density at radius 2 is 1.86 bits per heavy atom. The van der Waals surface area contributed by atoms with E-state index in [2.05, 4.69) is 17.1 Å². The predicted octanol–water partition coefficient (Wildman–Crippen LogP) is 4.92. The lowest BCUT2D eigenvalue weighted by atomic mass is 10.1. The number of rotatable bonds is 7. The van der Waals surface area contributed by atoms with Gasteiger partial charge >= 0.3 is 5.63 Å². The third-order valence-electron chi connectivity index (χ3n) is 4.49. The van der Waals surface area contributed by atoms with Crippen molar-refractivity contribution in [1.29, 1.82) is 0 Å². The van der Waals surface area contributed by atoms with Crippen molar-refractivity contribution in [2.45, 2.75) is 37.9 Å². The van der Waals surface area contributed by atoms with Gasteiger partial charge in [-0.2, -0.15) is 0 Å². The molecular formula is C22H20N2O4S. The topological polar surface area (TPSA) is 78.4 Å².